The van der Waals surface area contributed by atoms with Gasteiger partial charge in [0.25, 0.3) is 0 Å². The zero-order valence-corrected chi connectivity index (χ0v) is 12.6. The van der Waals surface area contributed by atoms with Gasteiger partial charge in [0.2, 0.25) is 0 Å². The Morgan fingerprint density at radius 1 is 1.48 bits per heavy atom. The Balaban J connectivity index is 3.26. The number of aliphatic hydroxyl groups is 1. The van der Waals surface area contributed by atoms with Crippen LogP contribution in [-0.4, -0.2) is 51.1 Å². The molecule has 0 heterocycles. The molecular formula is C12H18N2O6S. The third kappa shape index (κ3) is 4.66. The number of methoxy groups -OCH3 is 1. The molecule has 1 rings (SSSR count). The number of nitrogens with one attached hydrogen (secondary N) is 1. The number of nitro benzene ring substituents is 1. The molecule has 1 unspecified atom stereocenters. The first-order valence-electron chi connectivity index (χ1n) is 6.15. The van der Waals surface area contributed by atoms with E-state index in [4.69, 9.17) is 9.84 Å². The summed E-state index contributed by atoms with van der Waals surface area (Å²) in [6.45, 7) is 0.0986. The fraction of sp³-hybridized carbons (Fsp3) is 0.500. The molecule has 1 aromatic rings. The van der Waals surface area contributed by atoms with Gasteiger partial charge in [-0.05, 0) is 18.6 Å². The van der Waals surface area contributed by atoms with Crippen LogP contribution in [0.15, 0.2) is 23.1 Å². The number of ether oxygens (including phenoxy) is 1. The van der Waals surface area contributed by atoms with Crippen LogP contribution < -0.4 is 5.32 Å². The summed E-state index contributed by atoms with van der Waals surface area (Å²) in [5, 5.41) is 23.0. The average Bonchev–Trinajstić information content (AvgIpc) is 2.37. The smallest absolute Gasteiger partial charge is 0.310 e. The quantitative estimate of drug-likeness (QED) is 0.537. The van der Waals surface area contributed by atoms with E-state index in [1.165, 1.54) is 25.3 Å². The van der Waals surface area contributed by atoms with E-state index in [1.807, 2.05) is 0 Å². The normalized spacial score (nSPS) is 12.9. The highest BCUT2D eigenvalue weighted by Crippen LogP contribution is 2.32. The molecule has 0 radical (unpaired) electrons. The minimum Gasteiger partial charge on any atom is -0.396 e. The molecule has 1 atom stereocenters. The van der Waals surface area contributed by atoms with Gasteiger partial charge in [0.1, 0.15) is 10.6 Å². The predicted molar refractivity (Wildman–Crippen MR) is 77.2 cm³/mol. The summed E-state index contributed by atoms with van der Waals surface area (Å²) >= 11 is 0. The largest absolute Gasteiger partial charge is 0.396 e. The second-order valence-electron chi connectivity index (χ2n) is 4.49. The first-order chi connectivity index (χ1) is 9.81. The first kappa shape index (κ1) is 17.3. The van der Waals surface area contributed by atoms with Gasteiger partial charge in [-0.2, -0.15) is 0 Å². The van der Waals surface area contributed by atoms with Crippen LogP contribution in [0, 0.1) is 10.1 Å². The summed E-state index contributed by atoms with van der Waals surface area (Å²) in [5.41, 5.74) is -0.419. The van der Waals surface area contributed by atoms with Gasteiger partial charge in [0.15, 0.2) is 9.84 Å². The molecule has 0 aliphatic rings. The van der Waals surface area contributed by atoms with Crippen LogP contribution in [0.25, 0.3) is 0 Å². The van der Waals surface area contributed by atoms with E-state index in [-0.39, 0.29) is 29.8 Å². The maximum absolute atomic E-state index is 11.7. The number of nitro groups is 1. The number of para-hydroxylation sites is 1. The molecule has 8 nitrogen and oxygen atoms in total. The zero-order chi connectivity index (χ0) is 16.0. The van der Waals surface area contributed by atoms with E-state index in [0.29, 0.717) is 6.42 Å². The Morgan fingerprint density at radius 2 is 2.14 bits per heavy atom. The van der Waals surface area contributed by atoms with E-state index in [0.717, 1.165) is 6.26 Å². The minimum atomic E-state index is -3.72. The highest BCUT2D eigenvalue weighted by molar-refractivity contribution is 7.90. The molecule has 0 amide bonds. The van der Waals surface area contributed by atoms with Crippen molar-refractivity contribution in [2.45, 2.75) is 17.4 Å². The minimum absolute atomic E-state index is 0.0819. The van der Waals surface area contributed by atoms with Crippen LogP contribution in [0.1, 0.15) is 6.42 Å². The van der Waals surface area contributed by atoms with Gasteiger partial charge in [0.05, 0.1) is 17.6 Å². The molecule has 1 aromatic carbocycles. The van der Waals surface area contributed by atoms with Gasteiger partial charge in [-0.3, -0.25) is 10.1 Å². The molecule has 0 fully saturated rings. The Morgan fingerprint density at radius 3 is 2.62 bits per heavy atom. The zero-order valence-electron chi connectivity index (χ0n) is 11.8. The van der Waals surface area contributed by atoms with Crippen molar-refractivity contribution in [2.24, 2.45) is 0 Å². The number of sulfone groups is 1. The van der Waals surface area contributed by atoms with Gasteiger partial charge in [-0.1, -0.05) is 6.07 Å². The number of hydrogen-bond acceptors (Lipinski definition) is 7. The van der Waals surface area contributed by atoms with E-state index in [2.05, 4.69) is 5.32 Å². The number of nitrogens with zero attached hydrogens (tertiary/aromatic N) is 1. The Bertz CT molecular complexity index is 596. The van der Waals surface area contributed by atoms with Crippen LogP contribution in [0.2, 0.25) is 0 Å². The standard InChI is InChI=1S/C12H18N2O6S/c1-20-8-9(6-7-15)13-10-4-3-5-11(21(2,18)19)12(10)14(16)17/h3-5,9,13,15H,6-8H2,1-2H3. The Kier molecular flexibility index (Phi) is 6.06. The van der Waals surface area contributed by atoms with E-state index >= 15 is 0 Å². The SMILES string of the molecule is COCC(CCO)Nc1cccc(S(C)(=O)=O)c1[N+](=O)[O-]. The lowest BCUT2D eigenvalue weighted by atomic mass is 10.2. The van der Waals surface area contributed by atoms with Crippen LogP contribution >= 0.6 is 0 Å². The van der Waals surface area contributed by atoms with Crippen LogP contribution in [0.5, 0.6) is 0 Å². The summed E-state index contributed by atoms with van der Waals surface area (Å²) in [6.07, 6.45) is 1.23. The van der Waals surface area contributed by atoms with Gasteiger partial charge < -0.3 is 15.2 Å². The third-order valence-corrected chi connectivity index (χ3v) is 3.91. The average molecular weight is 318 g/mol. The molecule has 21 heavy (non-hydrogen) atoms. The van der Waals surface area contributed by atoms with Crippen molar-refractivity contribution in [2.75, 3.05) is 31.9 Å². The summed E-state index contributed by atoms with van der Waals surface area (Å²) in [6, 6.07) is 3.67. The topological polar surface area (TPSA) is 119 Å². The molecule has 118 valence electrons. The fourth-order valence-electron chi connectivity index (χ4n) is 1.90. The summed E-state index contributed by atoms with van der Waals surface area (Å²) in [5.74, 6) is 0. The molecule has 2 N–H and O–H groups in total. The second kappa shape index (κ2) is 7.34. The number of anilines is 1. The van der Waals surface area contributed by atoms with Crippen molar-refractivity contribution in [1.29, 1.82) is 0 Å². The lowest BCUT2D eigenvalue weighted by molar-refractivity contribution is -0.386. The molecule has 9 heteroatoms. The monoisotopic (exact) mass is 318 g/mol. The Hall–Kier alpha value is -1.71. The summed E-state index contributed by atoms with van der Waals surface area (Å²) in [7, 11) is -2.26. The highest BCUT2D eigenvalue weighted by Gasteiger charge is 2.27. The van der Waals surface area contributed by atoms with Crippen LogP contribution in [0.3, 0.4) is 0 Å². The van der Waals surface area contributed by atoms with Crippen LogP contribution in [-0.2, 0) is 14.6 Å². The maximum Gasteiger partial charge on any atom is 0.310 e. The summed E-state index contributed by atoms with van der Waals surface area (Å²) in [4.78, 5) is 10.1. The van der Waals surface area contributed by atoms with E-state index < -0.39 is 20.4 Å². The van der Waals surface area contributed by atoms with E-state index in [9.17, 15) is 18.5 Å². The fourth-order valence-corrected chi connectivity index (χ4v) is 2.76. The van der Waals surface area contributed by atoms with E-state index in [1.54, 1.807) is 0 Å². The molecule has 0 bridgehead atoms. The number of rotatable bonds is 8. The predicted octanol–water partition coefficient (Wildman–Crippen LogP) is 0.808. The van der Waals surface area contributed by atoms with Crippen molar-refractivity contribution >= 4 is 21.2 Å². The van der Waals surface area contributed by atoms with Crippen molar-refractivity contribution in [3.63, 3.8) is 0 Å². The van der Waals surface area contributed by atoms with Crippen molar-refractivity contribution in [3.8, 4) is 0 Å². The molecule has 0 aliphatic carbocycles. The van der Waals surface area contributed by atoms with Crippen molar-refractivity contribution in [1.82, 2.24) is 0 Å². The Labute approximate surface area is 122 Å². The molecule has 0 spiro atoms. The van der Waals surface area contributed by atoms with Gasteiger partial charge >= 0.3 is 5.69 Å². The molecule has 0 saturated heterocycles. The number of hydrogen-bond donors (Lipinski definition) is 2. The number of aliphatic hydroxyl groups excluding tert-OH is 1. The van der Waals surface area contributed by atoms with Gasteiger partial charge in [-0.25, -0.2) is 8.42 Å². The van der Waals surface area contributed by atoms with Crippen LogP contribution in [0.4, 0.5) is 11.4 Å². The first-order valence-corrected chi connectivity index (χ1v) is 8.04. The number of benzene rings is 1. The maximum atomic E-state index is 11.7. The van der Waals surface area contributed by atoms with Gasteiger partial charge in [-0.15, -0.1) is 0 Å². The third-order valence-electron chi connectivity index (χ3n) is 2.79. The molecule has 0 aromatic heterocycles. The lowest BCUT2D eigenvalue weighted by Gasteiger charge is -2.18. The van der Waals surface area contributed by atoms with Crippen molar-refractivity contribution in [3.05, 3.63) is 28.3 Å². The summed E-state index contributed by atoms with van der Waals surface area (Å²) < 4.78 is 28.3. The lowest BCUT2D eigenvalue weighted by Crippen LogP contribution is -2.26. The van der Waals surface area contributed by atoms with Gasteiger partial charge in [0, 0.05) is 20.0 Å². The van der Waals surface area contributed by atoms with Crippen molar-refractivity contribution < 1.29 is 23.2 Å². The molecular weight excluding hydrogens is 300 g/mol. The molecule has 0 saturated carbocycles. The molecule has 0 aliphatic heterocycles. The second-order valence-corrected chi connectivity index (χ2v) is 6.47. The highest BCUT2D eigenvalue weighted by atomic mass is 32.2.